The Bertz CT molecular complexity index is 1170. The molecule has 0 spiro atoms. The van der Waals surface area contributed by atoms with Crippen LogP contribution in [0.5, 0.6) is 0 Å². The summed E-state index contributed by atoms with van der Waals surface area (Å²) in [5, 5.41) is 0. The molecule has 30 heavy (non-hydrogen) atoms. The number of rotatable bonds is 3. The van der Waals surface area contributed by atoms with E-state index in [0.717, 1.165) is 28.1 Å². The molecule has 1 aliphatic heterocycles. The van der Waals surface area contributed by atoms with Crippen molar-refractivity contribution in [3.8, 4) is 0 Å². The maximum Gasteiger partial charge on any atom is 0.251 e. The van der Waals surface area contributed by atoms with Crippen molar-refractivity contribution in [3.05, 3.63) is 120 Å². The third-order valence-electron chi connectivity index (χ3n) is 5.77. The number of amides is 1. The summed E-state index contributed by atoms with van der Waals surface area (Å²) >= 11 is 0. The number of hydrogen-bond donors (Lipinski definition) is 2. The molecule has 0 aromatic heterocycles. The quantitative estimate of drug-likeness (QED) is 0.490. The molecule has 0 aliphatic carbocycles. The standard InChI is InChI=1S/C26H21N3O/c27-20-14-10-18(11-15-20)26(19-12-16-21(28)17-13-19)23-8-4-5-9-24(23)29(25(26)30)22-6-2-1-3-7-22/h1-17H,27-28H2. The predicted octanol–water partition coefficient (Wildman–Crippen LogP) is 4.86. The van der Waals surface area contributed by atoms with Crippen LogP contribution < -0.4 is 16.4 Å². The van der Waals surface area contributed by atoms with Gasteiger partial charge in [0.05, 0.1) is 5.69 Å². The maximum absolute atomic E-state index is 14.3. The summed E-state index contributed by atoms with van der Waals surface area (Å²) in [4.78, 5) is 16.1. The first kappa shape index (κ1) is 18.0. The summed E-state index contributed by atoms with van der Waals surface area (Å²) in [5.41, 5.74) is 16.6. The lowest BCUT2D eigenvalue weighted by atomic mass is 9.70. The highest BCUT2D eigenvalue weighted by molar-refractivity contribution is 6.17. The number of benzene rings is 4. The average Bonchev–Trinajstić information content (AvgIpc) is 3.04. The Morgan fingerprint density at radius 1 is 0.600 bits per heavy atom. The van der Waals surface area contributed by atoms with Crippen LogP contribution >= 0.6 is 0 Å². The first-order valence-electron chi connectivity index (χ1n) is 9.83. The van der Waals surface area contributed by atoms with Crippen LogP contribution in [0.2, 0.25) is 0 Å². The molecule has 1 heterocycles. The molecule has 1 aliphatic rings. The molecule has 0 saturated carbocycles. The SMILES string of the molecule is Nc1ccc(C2(c3ccc(N)cc3)C(=O)N(c3ccccc3)c3ccccc32)cc1. The summed E-state index contributed by atoms with van der Waals surface area (Å²) in [6.45, 7) is 0. The molecule has 0 radical (unpaired) electrons. The van der Waals surface area contributed by atoms with E-state index in [1.54, 1.807) is 0 Å². The summed E-state index contributed by atoms with van der Waals surface area (Å²) < 4.78 is 0. The fourth-order valence-electron chi connectivity index (χ4n) is 4.40. The van der Waals surface area contributed by atoms with Crippen molar-refractivity contribution < 1.29 is 4.79 Å². The summed E-state index contributed by atoms with van der Waals surface area (Å²) in [7, 11) is 0. The Kier molecular flexibility index (Phi) is 4.07. The van der Waals surface area contributed by atoms with Crippen LogP contribution in [0.1, 0.15) is 16.7 Å². The Hall–Kier alpha value is -4.05. The van der Waals surface area contributed by atoms with Gasteiger partial charge in [-0.25, -0.2) is 0 Å². The van der Waals surface area contributed by atoms with Gasteiger partial charge in [-0.2, -0.15) is 0 Å². The van der Waals surface area contributed by atoms with Gasteiger partial charge in [0, 0.05) is 22.6 Å². The average molecular weight is 391 g/mol. The molecular weight excluding hydrogens is 370 g/mol. The van der Waals surface area contributed by atoms with Crippen molar-refractivity contribution in [2.45, 2.75) is 5.41 Å². The second kappa shape index (κ2) is 6.78. The van der Waals surface area contributed by atoms with Crippen LogP contribution in [0.4, 0.5) is 22.7 Å². The molecule has 5 rings (SSSR count). The smallest absolute Gasteiger partial charge is 0.251 e. The van der Waals surface area contributed by atoms with Gasteiger partial charge in [0.15, 0.2) is 0 Å². The normalized spacial score (nSPS) is 14.5. The van der Waals surface area contributed by atoms with Crippen LogP contribution in [0.25, 0.3) is 0 Å². The second-order valence-electron chi connectivity index (χ2n) is 7.49. The van der Waals surface area contributed by atoms with E-state index < -0.39 is 5.41 Å². The van der Waals surface area contributed by atoms with Gasteiger partial charge in [-0.1, -0.05) is 60.7 Å². The molecule has 146 valence electrons. The highest BCUT2D eigenvalue weighted by atomic mass is 16.2. The van der Waals surface area contributed by atoms with Crippen LogP contribution in [-0.4, -0.2) is 5.91 Å². The molecule has 0 fully saturated rings. The monoisotopic (exact) mass is 391 g/mol. The second-order valence-corrected chi connectivity index (χ2v) is 7.49. The fraction of sp³-hybridized carbons (Fsp3) is 0.0385. The number of hydrogen-bond acceptors (Lipinski definition) is 3. The minimum absolute atomic E-state index is 0.0237. The van der Waals surface area contributed by atoms with Crippen LogP contribution in [0.3, 0.4) is 0 Å². The van der Waals surface area contributed by atoms with E-state index in [1.165, 1.54) is 0 Å². The topological polar surface area (TPSA) is 72.3 Å². The van der Waals surface area contributed by atoms with Crippen molar-refractivity contribution in [3.63, 3.8) is 0 Å². The van der Waals surface area contributed by atoms with Gasteiger partial charge in [-0.15, -0.1) is 0 Å². The minimum Gasteiger partial charge on any atom is -0.399 e. The maximum atomic E-state index is 14.3. The van der Waals surface area contributed by atoms with Crippen LogP contribution in [0, 0.1) is 0 Å². The summed E-state index contributed by atoms with van der Waals surface area (Å²) in [6.07, 6.45) is 0. The largest absolute Gasteiger partial charge is 0.399 e. The van der Waals surface area contributed by atoms with Gasteiger partial charge < -0.3 is 11.5 Å². The Morgan fingerprint density at radius 2 is 1.10 bits per heavy atom. The molecule has 4 heteroatoms. The number of carbonyl (C=O) groups excluding carboxylic acids is 1. The van der Waals surface area contributed by atoms with E-state index in [4.69, 9.17) is 11.5 Å². The molecule has 4 nitrogen and oxygen atoms in total. The van der Waals surface area contributed by atoms with Crippen LogP contribution in [-0.2, 0) is 10.2 Å². The van der Waals surface area contributed by atoms with Gasteiger partial charge >= 0.3 is 0 Å². The molecule has 0 bridgehead atoms. The van der Waals surface area contributed by atoms with E-state index in [0.29, 0.717) is 11.4 Å². The molecule has 4 aromatic carbocycles. The van der Waals surface area contributed by atoms with E-state index >= 15 is 0 Å². The van der Waals surface area contributed by atoms with Crippen molar-refractivity contribution in [1.29, 1.82) is 0 Å². The molecule has 4 N–H and O–H groups in total. The zero-order valence-electron chi connectivity index (χ0n) is 16.3. The predicted molar refractivity (Wildman–Crippen MR) is 122 cm³/mol. The third-order valence-corrected chi connectivity index (χ3v) is 5.77. The van der Waals surface area contributed by atoms with Crippen molar-refractivity contribution in [2.75, 3.05) is 16.4 Å². The molecule has 0 saturated heterocycles. The Balaban J connectivity index is 1.85. The third kappa shape index (κ3) is 2.51. The zero-order chi connectivity index (χ0) is 20.7. The lowest BCUT2D eigenvalue weighted by Crippen LogP contribution is -2.40. The molecule has 0 atom stereocenters. The van der Waals surface area contributed by atoms with E-state index in [9.17, 15) is 4.79 Å². The van der Waals surface area contributed by atoms with Crippen molar-refractivity contribution in [2.24, 2.45) is 0 Å². The first-order chi connectivity index (χ1) is 14.6. The Labute approximate surface area is 175 Å². The highest BCUT2D eigenvalue weighted by Crippen LogP contribution is 2.52. The first-order valence-corrected chi connectivity index (χ1v) is 9.83. The number of nitrogen functional groups attached to an aromatic ring is 2. The number of nitrogens with zero attached hydrogens (tertiary/aromatic N) is 1. The van der Waals surface area contributed by atoms with Crippen LogP contribution in [0.15, 0.2) is 103 Å². The number of nitrogens with two attached hydrogens (primary N) is 2. The molecular formula is C26H21N3O. The number of fused-ring (bicyclic) bond motifs is 1. The van der Waals surface area contributed by atoms with E-state index in [2.05, 4.69) is 0 Å². The summed E-state index contributed by atoms with van der Waals surface area (Å²) in [6, 6.07) is 32.8. The summed E-state index contributed by atoms with van der Waals surface area (Å²) in [5.74, 6) is -0.0237. The minimum atomic E-state index is -0.992. The van der Waals surface area contributed by atoms with Gasteiger partial charge in [0.25, 0.3) is 5.91 Å². The zero-order valence-corrected chi connectivity index (χ0v) is 16.3. The highest BCUT2D eigenvalue weighted by Gasteiger charge is 2.53. The lowest BCUT2D eigenvalue weighted by molar-refractivity contribution is -0.120. The van der Waals surface area contributed by atoms with Crippen molar-refractivity contribution >= 4 is 28.7 Å². The molecule has 1 amide bonds. The number of anilines is 4. The number of para-hydroxylation sites is 2. The molecule has 0 unspecified atom stereocenters. The van der Waals surface area contributed by atoms with E-state index in [1.807, 2.05) is 108 Å². The van der Waals surface area contributed by atoms with Gasteiger partial charge in [0.2, 0.25) is 0 Å². The van der Waals surface area contributed by atoms with E-state index in [-0.39, 0.29) is 5.91 Å². The van der Waals surface area contributed by atoms with Gasteiger partial charge in [0.1, 0.15) is 5.41 Å². The van der Waals surface area contributed by atoms with Gasteiger partial charge in [-0.3, -0.25) is 9.69 Å². The van der Waals surface area contributed by atoms with Crippen molar-refractivity contribution in [1.82, 2.24) is 0 Å². The van der Waals surface area contributed by atoms with Gasteiger partial charge in [-0.05, 0) is 53.6 Å². The lowest BCUT2D eigenvalue weighted by Gasteiger charge is -2.30. The fourth-order valence-corrected chi connectivity index (χ4v) is 4.40. The Morgan fingerprint density at radius 3 is 1.67 bits per heavy atom. The number of carbonyl (C=O) groups is 1. The molecule has 4 aromatic rings.